The Morgan fingerprint density at radius 2 is 1.85 bits per heavy atom. The number of nitro benzene ring substituents is 1. The van der Waals surface area contributed by atoms with E-state index in [0.717, 1.165) is 31.6 Å². The van der Waals surface area contributed by atoms with Crippen molar-refractivity contribution >= 4 is 17.3 Å². The van der Waals surface area contributed by atoms with E-state index in [9.17, 15) is 14.9 Å². The van der Waals surface area contributed by atoms with Gasteiger partial charge in [0.2, 0.25) is 0 Å². The van der Waals surface area contributed by atoms with Crippen LogP contribution in [0.2, 0.25) is 0 Å². The average Bonchev–Trinajstić information content (AvgIpc) is 3.13. The molecule has 1 heterocycles. The zero-order valence-corrected chi connectivity index (χ0v) is 15.2. The van der Waals surface area contributed by atoms with Gasteiger partial charge in [-0.15, -0.1) is 0 Å². The number of rotatable bonds is 4. The molecule has 0 unspecified atom stereocenters. The largest absolute Gasteiger partial charge is 0.375 e. The van der Waals surface area contributed by atoms with E-state index in [0.29, 0.717) is 5.56 Å². The van der Waals surface area contributed by atoms with Crippen LogP contribution in [0, 0.1) is 15.5 Å². The summed E-state index contributed by atoms with van der Waals surface area (Å²) in [5, 5.41) is 15.0. The molecule has 2 aliphatic rings. The molecular weight excluding hydrogens is 332 g/mol. The number of hydrogen-bond donors (Lipinski definition) is 1. The van der Waals surface area contributed by atoms with Gasteiger partial charge in [0.15, 0.2) is 0 Å². The van der Waals surface area contributed by atoms with E-state index in [1.807, 2.05) is 0 Å². The van der Waals surface area contributed by atoms with E-state index < -0.39 is 4.92 Å². The van der Waals surface area contributed by atoms with Gasteiger partial charge in [0.05, 0.1) is 10.6 Å². The summed E-state index contributed by atoms with van der Waals surface area (Å²) >= 11 is 0. The third-order valence-electron chi connectivity index (χ3n) is 4.81. The molecule has 26 heavy (non-hydrogen) atoms. The van der Waals surface area contributed by atoms with Crippen molar-refractivity contribution in [1.29, 1.82) is 0 Å². The van der Waals surface area contributed by atoms with Crippen LogP contribution in [0.25, 0.3) is 0 Å². The first kappa shape index (κ1) is 18.1. The lowest BCUT2D eigenvalue weighted by molar-refractivity contribution is -0.384. The highest BCUT2D eigenvalue weighted by atomic mass is 16.6. The van der Waals surface area contributed by atoms with Gasteiger partial charge in [-0.2, -0.15) is 5.10 Å². The number of carbonyl (C=O) groups is 1. The maximum Gasteiger partial charge on any atom is 0.271 e. The summed E-state index contributed by atoms with van der Waals surface area (Å²) in [7, 11) is 0. The van der Waals surface area contributed by atoms with Gasteiger partial charge in [0.25, 0.3) is 11.6 Å². The number of likely N-dealkylation sites (tertiary alicyclic amines) is 1. The molecular formula is C19H24N4O3. The quantitative estimate of drug-likeness (QED) is 0.661. The second kappa shape index (κ2) is 7.27. The normalized spacial score (nSPS) is 20.8. The summed E-state index contributed by atoms with van der Waals surface area (Å²) in [4.78, 5) is 24.9. The lowest BCUT2D eigenvalue weighted by Gasteiger charge is -2.34. The first-order valence-corrected chi connectivity index (χ1v) is 8.91. The Morgan fingerprint density at radius 3 is 2.46 bits per heavy atom. The van der Waals surface area contributed by atoms with Gasteiger partial charge in [-0.3, -0.25) is 14.9 Å². The van der Waals surface area contributed by atoms with Crippen molar-refractivity contribution < 1.29 is 9.72 Å². The Bertz CT molecular complexity index is 759. The Kier molecular flexibility index (Phi) is 5.06. The highest BCUT2D eigenvalue weighted by molar-refractivity contribution is 5.99. The molecule has 7 heteroatoms. The zero-order chi connectivity index (χ0) is 18.7. The van der Waals surface area contributed by atoms with Crippen LogP contribution in [-0.4, -0.2) is 34.5 Å². The number of hydrogen-bond acceptors (Lipinski definition) is 5. The lowest BCUT2D eigenvalue weighted by atomic mass is 9.78. The third kappa shape index (κ3) is 4.28. The minimum absolute atomic E-state index is 0.0416. The number of amides is 1. The van der Waals surface area contributed by atoms with Gasteiger partial charge < -0.3 is 4.90 Å². The molecule has 7 nitrogen and oxygen atoms in total. The standard InChI is InChI=1S/C19H24N4O3/c1-19(2)12-15(11-17(13-19)22-9-3-4-10-22)20-21-18(24)14-5-7-16(8-6-14)23(25)26/h5-8,11H,3-4,9-10,12-13H2,1-2H3,(H,21,24). The summed E-state index contributed by atoms with van der Waals surface area (Å²) in [6.07, 6.45) is 6.35. The van der Waals surface area contributed by atoms with Crippen LogP contribution < -0.4 is 5.43 Å². The average molecular weight is 356 g/mol. The number of benzene rings is 1. The third-order valence-corrected chi connectivity index (χ3v) is 4.81. The molecule has 1 fully saturated rings. The number of nitrogens with zero attached hydrogens (tertiary/aromatic N) is 3. The monoisotopic (exact) mass is 356 g/mol. The molecule has 0 radical (unpaired) electrons. The molecule has 1 amide bonds. The van der Waals surface area contributed by atoms with Crippen LogP contribution in [0.15, 0.2) is 41.1 Å². The number of carbonyl (C=O) groups excluding carboxylic acids is 1. The zero-order valence-electron chi connectivity index (χ0n) is 15.2. The highest BCUT2D eigenvalue weighted by Crippen LogP contribution is 2.36. The Hall–Kier alpha value is -2.70. The summed E-state index contributed by atoms with van der Waals surface area (Å²) in [5.41, 5.74) is 5.14. The van der Waals surface area contributed by atoms with Crippen LogP contribution in [0.3, 0.4) is 0 Å². The first-order chi connectivity index (χ1) is 12.3. The Labute approximate surface area is 152 Å². The molecule has 3 rings (SSSR count). The molecule has 138 valence electrons. The lowest BCUT2D eigenvalue weighted by Crippen LogP contribution is -2.31. The van der Waals surface area contributed by atoms with Crippen LogP contribution >= 0.6 is 0 Å². The second-order valence-corrected chi connectivity index (χ2v) is 7.70. The van der Waals surface area contributed by atoms with Crippen LogP contribution in [-0.2, 0) is 0 Å². The molecule has 1 aliphatic heterocycles. The molecule has 0 aromatic heterocycles. The van der Waals surface area contributed by atoms with Crippen molar-refractivity contribution in [2.45, 2.75) is 39.5 Å². The number of hydrazone groups is 1. The van der Waals surface area contributed by atoms with Crippen LogP contribution in [0.1, 0.15) is 49.9 Å². The van der Waals surface area contributed by atoms with E-state index >= 15 is 0 Å². The Balaban J connectivity index is 1.72. The number of allylic oxidation sites excluding steroid dienone is 2. The van der Waals surface area contributed by atoms with Crippen molar-refractivity contribution in [1.82, 2.24) is 10.3 Å². The first-order valence-electron chi connectivity index (χ1n) is 8.91. The van der Waals surface area contributed by atoms with E-state index in [-0.39, 0.29) is 17.0 Å². The minimum atomic E-state index is -0.489. The molecule has 1 aromatic carbocycles. The van der Waals surface area contributed by atoms with E-state index in [2.05, 4.69) is 35.4 Å². The fraction of sp³-hybridized carbons (Fsp3) is 0.474. The summed E-state index contributed by atoms with van der Waals surface area (Å²) in [6, 6.07) is 5.50. The predicted octanol–water partition coefficient (Wildman–Crippen LogP) is 3.48. The van der Waals surface area contributed by atoms with E-state index in [1.54, 1.807) is 0 Å². The molecule has 1 N–H and O–H groups in total. The number of non-ortho nitro benzene ring substituents is 1. The van der Waals surface area contributed by atoms with E-state index in [4.69, 9.17) is 0 Å². The highest BCUT2D eigenvalue weighted by Gasteiger charge is 2.29. The Morgan fingerprint density at radius 1 is 1.19 bits per heavy atom. The predicted molar refractivity (Wildman–Crippen MR) is 99.9 cm³/mol. The second-order valence-electron chi connectivity index (χ2n) is 7.70. The minimum Gasteiger partial charge on any atom is -0.375 e. The van der Waals surface area contributed by atoms with Crippen LogP contribution in [0.4, 0.5) is 5.69 Å². The molecule has 0 spiro atoms. The molecule has 0 atom stereocenters. The topological polar surface area (TPSA) is 87.8 Å². The molecule has 1 aromatic rings. The van der Waals surface area contributed by atoms with Crippen molar-refractivity contribution in [2.75, 3.05) is 13.1 Å². The molecule has 0 saturated carbocycles. The summed E-state index contributed by atoms with van der Waals surface area (Å²) < 4.78 is 0. The van der Waals surface area contributed by atoms with Crippen molar-refractivity contribution in [3.8, 4) is 0 Å². The number of nitrogens with one attached hydrogen (secondary N) is 1. The fourth-order valence-corrected chi connectivity index (χ4v) is 3.54. The molecule has 1 aliphatic carbocycles. The molecule has 1 saturated heterocycles. The van der Waals surface area contributed by atoms with Gasteiger partial charge >= 0.3 is 0 Å². The van der Waals surface area contributed by atoms with E-state index in [1.165, 1.54) is 42.8 Å². The fourth-order valence-electron chi connectivity index (χ4n) is 3.54. The van der Waals surface area contributed by atoms with Crippen molar-refractivity contribution in [3.05, 3.63) is 51.7 Å². The smallest absolute Gasteiger partial charge is 0.271 e. The van der Waals surface area contributed by atoms with Crippen molar-refractivity contribution in [3.63, 3.8) is 0 Å². The maximum atomic E-state index is 12.2. The van der Waals surface area contributed by atoms with Gasteiger partial charge in [-0.05, 0) is 49.3 Å². The van der Waals surface area contributed by atoms with Crippen LogP contribution in [0.5, 0.6) is 0 Å². The maximum absolute atomic E-state index is 12.2. The van der Waals surface area contributed by atoms with Crippen molar-refractivity contribution in [2.24, 2.45) is 10.5 Å². The SMILES string of the molecule is CC1(C)CC(N2CCCC2)=CC(=NNC(=O)c2ccc([N+](=O)[O-])cc2)C1. The summed E-state index contributed by atoms with van der Waals surface area (Å²) in [5.74, 6) is -0.369. The van der Waals surface area contributed by atoms with Gasteiger partial charge in [0, 0.05) is 36.5 Å². The number of nitro groups is 1. The summed E-state index contributed by atoms with van der Waals surface area (Å²) in [6.45, 7) is 6.60. The van der Waals surface area contributed by atoms with Gasteiger partial charge in [-0.25, -0.2) is 5.43 Å². The van der Waals surface area contributed by atoms with Gasteiger partial charge in [-0.1, -0.05) is 13.8 Å². The van der Waals surface area contributed by atoms with Gasteiger partial charge in [0.1, 0.15) is 0 Å². The molecule has 0 bridgehead atoms.